The highest BCUT2D eigenvalue weighted by Crippen LogP contribution is 2.25. The number of ether oxygens (including phenoxy) is 4. The molecule has 0 saturated heterocycles. The molecule has 32 heavy (non-hydrogen) atoms. The second-order valence-corrected chi connectivity index (χ2v) is 9.99. The Morgan fingerprint density at radius 3 is 1.53 bits per heavy atom. The van der Waals surface area contributed by atoms with E-state index < -0.39 is 24.5 Å². The van der Waals surface area contributed by atoms with Gasteiger partial charge in [-0.25, -0.2) is 9.59 Å². The molecule has 0 aromatic heterocycles. The standard InChI is InChI=1S/C26H48O6/c1-21(2)15-10-8-6-5-7-9-13-19-29-25(27)31-23-17-11-12-18-24(23)32-26(28)30-20-14-16-22(3)4/h21-24H,5-20H2,1-4H3. The molecule has 188 valence electrons. The summed E-state index contributed by atoms with van der Waals surface area (Å²) in [6.45, 7) is 9.55. The quantitative estimate of drug-likeness (QED) is 0.174. The van der Waals surface area contributed by atoms with E-state index in [1.54, 1.807) is 0 Å². The molecular weight excluding hydrogens is 408 g/mol. The van der Waals surface area contributed by atoms with Crippen LogP contribution in [0, 0.1) is 11.8 Å². The van der Waals surface area contributed by atoms with E-state index in [4.69, 9.17) is 18.9 Å². The van der Waals surface area contributed by atoms with E-state index in [9.17, 15) is 9.59 Å². The minimum absolute atomic E-state index is 0.356. The molecule has 1 rings (SSSR count). The summed E-state index contributed by atoms with van der Waals surface area (Å²) in [4.78, 5) is 24.0. The number of unbranched alkanes of at least 4 members (excludes halogenated alkanes) is 6. The van der Waals surface area contributed by atoms with E-state index in [1.807, 2.05) is 0 Å². The van der Waals surface area contributed by atoms with Crippen molar-refractivity contribution in [2.45, 2.75) is 130 Å². The monoisotopic (exact) mass is 456 g/mol. The Kier molecular flexibility index (Phi) is 16.1. The van der Waals surface area contributed by atoms with Gasteiger partial charge in [-0.2, -0.15) is 0 Å². The van der Waals surface area contributed by atoms with Crippen LogP contribution in [0.2, 0.25) is 0 Å². The first-order valence-corrected chi connectivity index (χ1v) is 13.0. The third kappa shape index (κ3) is 15.4. The van der Waals surface area contributed by atoms with Gasteiger partial charge in [0, 0.05) is 0 Å². The van der Waals surface area contributed by atoms with E-state index >= 15 is 0 Å². The van der Waals surface area contributed by atoms with Gasteiger partial charge in [0.25, 0.3) is 0 Å². The zero-order valence-corrected chi connectivity index (χ0v) is 21.1. The molecule has 0 aromatic rings. The number of rotatable bonds is 16. The van der Waals surface area contributed by atoms with Crippen LogP contribution in [0.1, 0.15) is 118 Å². The van der Waals surface area contributed by atoms with E-state index in [1.165, 1.54) is 38.5 Å². The van der Waals surface area contributed by atoms with Gasteiger partial charge >= 0.3 is 12.3 Å². The molecule has 1 aliphatic rings. The molecule has 0 amide bonds. The van der Waals surface area contributed by atoms with Gasteiger partial charge in [0.2, 0.25) is 0 Å². The number of carbonyl (C=O) groups excluding carboxylic acids is 2. The molecule has 0 heterocycles. The molecule has 0 aromatic carbocycles. The van der Waals surface area contributed by atoms with Gasteiger partial charge in [-0.05, 0) is 56.8 Å². The first kappa shape index (κ1) is 28.6. The van der Waals surface area contributed by atoms with Gasteiger partial charge in [-0.3, -0.25) is 0 Å². The smallest absolute Gasteiger partial charge is 0.434 e. The van der Waals surface area contributed by atoms with Crippen LogP contribution in [-0.4, -0.2) is 37.7 Å². The highest BCUT2D eigenvalue weighted by Gasteiger charge is 2.32. The van der Waals surface area contributed by atoms with Crippen LogP contribution in [0.3, 0.4) is 0 Å². The van der Waals surface area contributed by atoms with Crippen molar-refractivity contribution in [1.29, 1.82) is 0 Å². The van der Waals surface area contributed by atoms with Gasteiger partial charge in [-0.15, -0.1) is 0 Å². The number of carbonyl (C=O) groups is 2. The molecule has 6 heteroatoms. The van der Waals surface area contributed by atoms with Crippen molar-refractivity contribution < 1.29 is 28.5 Å². The molecule has 0 bridgehead atoms. The van der Waals surface area contributed by atoms with Gasteiger partial charge in [0.05, 0.1) is 13.2 Å². The summed E-state index contributed by atoms with van der Waals surface area (Å²) < 4.78 is 21.3. The van der Waals surface area contributed by atoms with Crippen molar-refractivity contribution in [3.63, 3.8) is 0 Å². The van der Waals surface area contributed by atoms with Crippen molar-refractivity contribution in [2.24, 2.45) is 11.8 Å². The maximum atomic E-state index is 12.1. The zero-order valence-electron chi connectivity index (χ0n) is 21.1. The fourth-order valence-electron chi connectivity index (χ4n) is 3.99. The van der Waals surface area contributed by atoms with Crippen LogP contribution in [0.15, 0.2) is 0 Å². The summed E-state index contributed by atoms with van der Waals surface area (Å²) in [6.07, 6.45) is 12.4. The first-order chi connectivity index (χ1) is 15.4. The topological polar surface area (TPSA) is 71.1 Å². The summed E-state index contributed by atoms with van der Waals surface area (Å²) >= 11 is 0. The van der Waals surface area contributed by atoms with Crippen LogP contribution in [0.25, 0.3) is 0 Å². The van der Waals surface area contributed by atoms with E-state index in [2.05, 4.69) is 27.7 Å². The lowest BCUT2D eigenvalue weighted by Gasteiger charge is -2.29. The Morgan fingerprint density at radius 1 is 0.625 bits per heavy atom. The summed E-state index contributed by atoms with van der Waals surface area (Å²) in [7, 11) is 0. The van der Waals surface area contributed by atoms with Crippen LogP contribution in [0.4, 0.5) is 9.59 Å². The van der Waals surface area contributed by atoms with Gasteiger partial charge < -0.3 is 18.9 Å². The summed E-state index contributed by atoms with van der Waals surface area (Å²) in [5, 5.41) is 0. The maximum Gasteiger partial charge on any atom is 0.508 e. The Morgan fingerprint density at radius 2 is 1.03 bits per heavy atom. The molecule has 1 fully saturated rings. The predicted molar refractivity (Wildman–Crippen MR) is 127 cm³/mol. The highest BCUT2D eigenvalue weighted by atomic mass is 16.8. The molecule has 0 aliphatic heterocycles. The van der Waals surface area contributed by atoms with Crippen molar-refractivity contribution in [1.82, 2.24) is 0 Å². The van der Waals surface area contributed by atoms with Gasteiger partial charge in [0.1, 0.15) is 12.2 Å². The van der Waals surface area contributed by atoms with E-state index in [-0.39, 0.29) is 0 Å². The van der Waals surface area contributed by atoms with E-state index in [0.29, 0.717) is 32.0 Å². The number of hydrogen-bond acceptors (Lipinski definition) is 6. The molecule has 1 saturated carbocycles. The third-order valence-corrected chi connectivity index (χ3v) is 5.93. The first-order valence-electron chi connectivity index (χ1n) is 13.0. The maximum absolute atomic E-state index is 12.1. The molecule has 6 nitrogen and oxygen atoms in total. The molecule has 0 spiro atoms. The molecule has 2 unspecified atom stereocenters. The van der Waals surface area contributed by atoms with Gasteiger partial charge in [-0.1, -0.05) is 72.6 Å². The fourth-order valence-corrected chi connectivity index (χ4v) is 3.99. The normalized spacial score (nSPS) is 18.6. The van der Waals surface area contributed by atoms with Crippen LogP contribution in [-0.2, 0) is 18.9 Å². The van der Waals surface area contributed by atoms with Crippen molar-refractivity contribution in [3.05, 3.63) is 0 Å². The Hall–Kier alpha value is -1.46. The second kappa shape index (κ2) is 18.0. The SMILES string of the molecule is CC(C)CCCCCCCCCOC(=O)OC1CCCCC1OC(=O)OCCCC(C)C. The Balaban J connectivity index is 2.12. The summed E-state index contributed by atoms with van der Waals surface area (Å²) in [5.74, 6) is 1.38. The van der Waals surface area contributed by atoms with Crippen molar-refractivity contribution >= 4 is 12.3 Å². The molecule has 1 aliphatic carbocycles. The van der Waals surface area contributed by atoms with Gasteiger partial charge in [0.15, 0.2) is 0 Å². The van der Waals surface area contributed by atoms with Crippen LogP contribution in [0.5, 0.6) is 0 Å². The lowest BCUT2D eigenvalue weighted by atomic mass is 9.95. The van der Waals surface area contributed by atoms with Crippen LogP contribution >= 0.6 is 0 Å². The average Bonchev–Trinajstić information content (AvgIpc) is 2.73. The summed E-state index contributed by atoms with van der Waals surface area (Å²) in [5.41, 5.74) is 0. The molecule has 2 atom stereocenters. The predicted octanol–water partition coefficient (Wildman–Crippen LogP) is 7.82. The lowest BCUT2D eigenvalue weighted by Crippen LogP contribution is -2.38. The minimum Gasteiger partial charge on any atom is -0.434 e. The second-order valence-electron chi connectivity index (χ2n) is 9.99. The average molecular weight is 457 g/mol. The minimum atomic E-state index is -0.674. The zero-order chi connectivity index (χ0) is 23.6. The van der Waals surface area contributed by atoms with Crippen molar-refractivity contribution in [2.75, 3.05) is 13.2 Å². The summed E-state index contributed by atoms with van der Waals surface area (Å²) in [6, 6.07) is 0. The largest absolute Gasteiger partial charge is 0.508 e. The Bertz CT molecular complexity index is 491. The number of hydrogen-bond donors (Lipinski definition) is 0. The Labute approximate surface area is 196 Å². The van der Waals surface area contributed by atoms with Crippen molar-refractivity contribution in [3.8, 4) is 0 Å². The van der Waals surface area contributed by atoms with Crippen LogP contribution < -0.4 is 0 Å². The molecular formula is C26H48O6. The molecule has 0 radical (unpaired) electrons. The molecule has 0 N–H and O–H groups in total. The fraction of sp³-hybridized carbons (Fsp3) is 0.923. The van der Waals surface area contributed by atoms with E-state index in [0.717, 1.165) is 44.4 Å². The third-order valence-electron chi connectivity index (χ3n) is 5.93. The lowest BCUT2D eigenvalue weighted by molar-refractivity contribution is -0.0713. The highest BCUT2D eigenvalue weighted by molar-refractivity contribution is 5.61.